The van der Waals surface area contributed by atoms with Crippen LogP contribution in [0.3, 0.4) is 0 Å². The van der Waals surface area contributed by atoms with E-state index in [4.69, 9.17) is 0 Å². The van der Waals surface area contributed by atoms with E-state index in [-0.39, 0.29) is 25.5 Å². The van der Waals surface area contributed by atoms with Gasteiger partial charge >= 0.3 is 24.8 Å². The number of benzene rings is 1. The van der Waals surface area contributed by atoms with Crippen molar-refractivity contribution in [3.05, 3.63) is 35.9 Å². The third kappa shape index (κ3) is 4.12. The molecule has 0 unspecified atom stereocenters. The summed E-state index contributed by atoms with van der Waals surface area (Å²) in [6.07, 6.45) is 0. The maximum atomic E-state index is 10.4. The Morgan fingerprint density at radius 2 is 1.79 bits per heavy atom. The number of carboxylic acid groups (broad SMARTS) is 1. The van der Waals surface area contributed by atoms with Gasteiger partial charge in [-0.25, -0.2) is 4.79 Å². The van der Waals surface area contributed by atoms with Gasteiger partial charge in [0.05, 0.1) is 0 Å². The number of ether oxygens (including phenoxy) is 1. The molecule has 4 nitrogen and oxygen atoms in total. The Labute approximate surface area is 93.1 Å². The zero-order valence-corrected chi connectivity index (χ0v) is 7.73. The predicted octanol–water partition coefficient (Wildman–Crippen LogP) is -3.52. The maximum Gasteiger partial charge on any atom is 1.00 e. The van der Waals surface area contributed by atoms with Gasteiger partial charge in [0.15, 0.2) is 5.97 Å². The molecule has 0 amide bonds. The van der Waals surface area contributed by atoms with Crippen LogP contribution in [0, 0.1) is 0 Å². The number of carboxylic acids is 1. The summed E-state index contributed by atoms with van der Waals surface area (Å²) in [5.74, 6) is -3.17. The van der Waals surface area contributed by atoms with Gasteiger partial charge < -0.3 is 14.6 Å². The van der Waals surface area contributed by atoms with Gasteiger partial charge in [-0.3, -0.25) is 0 Å². The van der Waals surface area contributed by atoms with Crippen molar-refractivity contribution < 1.29 is 38.3 Å². The van der Waals surface area contributed by atoms with Gasteiger partial charge in [0, 0.05) is 0 Å². The van der Waals surface area contributed by atoms with Gasteiger partial charge in [0.1, 0.15) is 6.61 Å². The smallest absolute Gasteiger partial charge is 0.539 e. The molecule has 14 heavy (non-hydrogen) atoms. The summed E-state index contributed by atoms with van der Waals surface area (Å²) in [4.78, 5) is 20.4. The van der Waals surface area contributed by atoms with Crippen molar-refractivity contribution in [2.24, 2.45) is 0 Å². The van der Waals surface area contributed by atoms with Gasteiger partial charge in [-0.15, -0.1) is 0 Å². The van der Waals surface area contributed by atoms with E-state index in [2.05, 4.69) is 4.74 Å². The molecular weight excluding hydrogens is 179 g/mol. The van der Waals surface area contributed by atoms with Gasteiger partial charge in [0.2, 0.25) is 0 Å². The van der Waals surface area contributed by atoms with Crippen molar-refractivity contribution in [2.45, 2.75) is 6.61 Å². The average molecular weight is 186 g/mol. The van der Waals surface area contributed by atoms with E-state index in [1.807, 2.05) is 6.07 Å². The number of carbonyl (C=O) groups excluding carboxylic acids is 2. The van der Waals surface area contributed by atoms with Crippen LogP contribution in [0.1, 0.15) is 5.56 Å². The van der Waals surface area contributed by atoms with Crippen LogP contribution in [-0.4, -0.2) is 11.9 Å². The predicted molar refractivity (Wildman–Crippen MR) is 41.2 cm³/mol. The first kappa shape index (κ1) is 12.8. The summed E-state index contributed by atoms with van der Waals surface area (Å²) in [5.41, 5.74) is 0.733. The van der Waals surface area contributed by atoms with E-state index < -0.39 is 11.9 Å². The first-order valence-corrected chi connectivity index (χ1v) is 3.62. The largest absolute Gasteiger partial charge is 1.00 e. The molecule has 1 aromatic rings. The molecule has 0 aliphatic rings. The van der Waals surface area contributed by atoms with Crippen molar-refractivity contribution in [3.8, 4) is 0 Å². The normalized spacial score (nSPS) is 8.57. The third-order valence-corrected chi connectivity index (χ3v) is 1.38. The number of hydrogen-bond donors (Lipinski definition) is 0. The number of rotatable bonds is 2. The number of carbonyl (C=O) groups is 2. The number of hydrogen-bond acceptors (Lipinski definition) is 4. The molecule has 1 aromatic carbocycles. The second-order valence-corrected chi connectivity index (χ2v) is 2.35. The van der Waals surface area contributed by atoms with Crippen molar-refractivity contribution >= 4 is 11.9 Å². The molecule has 0 saturated heterocycles. The van der Waals surface area contributed by atoms with Gasteiger partial charge in [0.25, 0.3) is 0 Å². The molecule has 1 rings (SSSR count). The summed E-state index contributed by atoms with van der Waals surface area (Å²) in [5, 5.41) is 9.93. The monoisotopic (exact) mass is 186 g/mol. The molecule has 0 saturated carbocycles. The van der Waals surface area contributed by atoms with E-state index in [9.17, 15) is 14.7 Å². The fourth-order valence-electron chi connectivity index (χ4n) is 0.782. The Balaban J connectivity index is 0.00000169. The first-order valence-electron chi connectivity index (χ1n) is 3.62. The zero-order chi connectivity index (χ0) is 9.68. The molecule has 0 fully saturated rings. The molecule has 0 aliphatic carbocycles. The van der Waals surface area contributed by atoms with Crippen LogP contribution in [0.4, 0.5) is 0 Å². The van der Waals surface area contributed by atoms with Crippen molar-refractivity contribution in [1.82, 2.24) is 0 Å². The van der Waals surface area contributed by atoms with E-state index in [1.54, 1.807) is 24.3 Å². The average Bonchev–Trinajstić information content (AvgIpc) is 2.15. The molecule has 0 spiro atoms. The van der Waals surface area contributed by atoms with Gasteiger partial charge in [-0.1, -0.05) is 30.3 Å². The maximum absolute atomic E-state index is 10.4. The Morgan fingerprint density at radius 1 is 1.21 bits per heavy atom. The zero-order valence-electron chi connectivity index (χ0n) is 7.73. The first-order chi connectivity index (χ1) is 6.20. The van der Waals surface area contributed by atoms with E-state index in [0.29, 0.717) is 0 Å². The SMILES string of the molecule is O=C([O-])C(=O)OCc1ccccc1.[Li+]. The summed E-state index contributed by atoms with van der Waals surface area (Å²) in [6.45, 7) is -0.0480. The van der Waals surface area contributed by atoms with Crippen LogP contribution in [0.25, 0.3) is 0 Å². The van der Waals surface area contributed by atoms with Crippen LogP contribution in [0.2, 0.25) is 0 Å². The summed E-state index contributed by atoms with van der Waals surface area (Å²) < 4.78 is 4.39. The fraction of sp³-hybridized carbons (Fsp3) is 0.111. The molecule has 68 valence electrons. The Hall–Kier alpha value is -1.24. The molecule has 0 bridgehead atoms. The third-order valence-electron chi connectivity index (χ3n) is 1.38. The minimum Gasteiger partial charge on any atom is -0.539 e. The standard InChI is InChI=1S/C9H8O4.Li/c10-8(11)9(12)13-6-7-4-2-1-3-5-7;/h1-5H,6H2,(H,10,11);/q;+1/p-1. The Kier molecular flexibility index (Phi) is 5.69. The summed E-state index contributed by atoms with van der Waals surface area (Å²) in [7, 11) is 0. The van der Waals surface area contributed by atoms with Crippen molar-refractivity contribution in [2.75, 3.05) is 0 Å². The molecular formula is C9H7LiO4. The van der Waals surface area contributed by atoms with Crippen LogP contribution < -0.4 is 24.0 Å². The van der Waals surface area contributed by atoms with Crippen LogP contribution in [0.5, 0.6) is 0 Å². The number of esters is 1. The van der Waals surface area contributed by atoms with E-state index >= 15 is 0 Å². The minimum atomic E-state index is -1.82. The quantitative estimate of drug-likeness (QED) is 0.273. The molecule has 0 aliphatic heterocycles. The molecule has 0 aromatic heterocycles. The number of aliphatic carboxylic acids is 1. The van der Waals surface area contributed by atoms with E-state index in [1.165, 1.54) is 0 Å². The minimum absolute atomic E-state index is 0. The fourth-order valence-corrected chi connectivity index (χ4v) is 0.782. The molecule has 0 radical (unpaired) electrons. The van der Waals surface area contributed by atoms with Crippen LogP contribution in [0.15, 0.2) is 30.3 Å². The van der Waals surface area contributed by atoms with Gasteiger partial charge in [-0.2, -0.15) is 0 Å². The topological polar surface area (TPSA) is 66.4 Å². The second-order valence-electron chi connectivity index (χ2n) is 2.35. The molecule has 0 atom stereocenters. The molecule has 5 heteroatoms. The van der Waals surface area contributed by atoms with E-state index in [0.717, 1.165) is 5.56 Å². The van der Waals surface area contributed by atoms with Crippen LogP contribution in [-0.2, 0) is 20.9 Å². The summed E-state index contributed by atoms with van der Waals surface area (Å²) in [6, 6.07) is 8.79. The van der Waals surface area contributed by atoms with Crippen molar-refractivity contribution in [1.29, 1.82) is 0 Å². The molecule has 0 N–H and O–H groups in total. The second kappa shape index (κ2) is 6.25. The molecule has 0 heterocycles. The van der Waals surface area contributed by atoms with Crippen LogP contribution >= 0.6 is 0 Å². The Bertz CT molecular complexity index is 310. The van der Waals surface area contributed by atoms with Gasteiger partial charge in [-0.05, 0) is 5.56 Å². The Morgan fingerprint density at radius 3 is 2.29 bits per heavy atom. The van der Waals surface area contributed by atoms with Crippen molar-refractivity contribution in [3.63, 3.8) is 0 Å². The summed E-state index contributed by atoms with van der Waals surface area (Å²) >= 11 is 0.